The monoisotopic (exact) mass is 205 g/mol. The smallest absolute Gasteiger partial charge is 0.114 e. The zero-order valence-corrected chi connectivity index (χ0v) is 8.49. The van der Waals surface area contributed by atoms with Gasteiger partial charge in [-0.15, -0.1) is 0 Å². The van der Waals surface area contributed by atoms with Crippen molar-refractivity contribution in [1.82, 2.24) is 4.90 Å². The number of fused-ring (bicyclic) bond motifs is 1. The summed E-state index contributed by atoms with van der Waals surface area (Å²) in [7, 11) is 0. The molecule has 0 N–H and O–H groups in total. The molecule has 0 saturated heterocycles. The maximum atomic E-state index is 5.27. The molecule has 13 heavy (non-hydrogen) atoms. The third-order valence-corrected chi connectivity index (χ3v) is 2.62. The van der Waals surface area contributed by atoms with E-state index in [2.05, 4.69) is 23.3 Å². The van der Waals surface area contributed by atoms with Crippen molar-refractivity contribution in [2.45, 2.75) is 6.54 Å². The molecule has 1 aliphatic rings. The fourth-order valence-corrected chi connectivity index (χ4v) is 1.89. The van der Waals surface area contributed by atoms with E-state index in [1.54, 1.807) is 6.20 Å². The van der Waals surface area contributed by atoms with E-state index in [0.717, 1.165) is 17.1 Å². The predicted molar refractivity (Wildman–Crippen MR) is 60.9 cm³/mol. The summed E-state index contributed by atoms with van der Waals surface area (Å²) in [4.78, 5) is 2.78. The first-order valence-electron chi connectivity index (χ1n) is 3.93. The molecule has 1 heterocycles. The molecule has 0 aliphatic carbocycles. The second kappa shape index (κ2) is 3.38. The van der Waals surface area contributed by atoms with E-state index in [1.807, 2.05) is 23.1 Å². The molecule has 0 amide bonds. The first-order chi connectivity index (χ1) is 6.33. The van der Waals surface area contributed by atoms with Gasteiger partial charge >= 0.3 is 0 Å². The van der Waals surface area contributed by atoms with Crippen molar-refractivity contribution in [3.63, 3.8) is 0 Å². The van der Waals surface area contributed by atoms with Crippen molar-refractivity contribution in [3.05, 3.63) is 41.6 Å². The van der Waals surface area contributed by atoms with E-state index >= 15 is 0 Å². The second-order valence-electron chi connectivity index (χ2n) is 2.84. The standard InChI is InChI=1S/C10H7NS2/c12-6-5-11-7-8-3-1-2-4-9(8)10(11)13/h1-5H,7H2. The van der Waals surface area contributed by atoms with Crippen LogP contribution in [0.3, 0.4) is 0 Å². The van der Waals surface area contributed by atoms with Crippen LogP contribution < -0.4 is 0 Å². The zero-order valence-electron chi connectivity index (χ0n) is 6.86. The highest BCUT2D eigenvalue weighted by atomic mass is 32.1. The third kappa shape index (κ3) is 1.42. The number of nitrogens with zero attached hydrogens (tertiary/aromatic N) is 1. The number of rotatable bonds is 1. The predicted octanol–water partition coefficient (Wildman–Crippen LogP) is 2.29. The highest BCUT2D eigenvalue weighted by Gasteiger charge is 2.20. The Morgan fingerprint density at radius 1 is 1.38 bits per heavy atom. The fourth-order valence-electron chi connectivity index (χ4n) is 1.44. The Balaban J connectivity index is 2.43. The maximum absolute atomic E-state index is 5.27. The molecule has 0 spiro atoms. The molecule has 1 nitrogen and oxygen atoms in total. The van der Waals surface area contributed by atoms with E-state index in [4.69, 9.17) is 12.2 Å². The summed E-state index contributed by atoms with van der Waals surface area (Å²) in [5.41, 5.74) is 2.40. The summed E-state index contributed by atoms with van der Waals surface area (Å²) in [6.07, 6.45) is 1.72. The molecule has 0 saturated carbocycles. The number of benzene rings is 1. The van der Waals surface area contributed by atoms with Crippen LogP contribution in [0.1, 0.15) is 11.1 Å². The van der Waals surface area contributed by atoms with E-state index < -0.39 is 0 Å². The van der Waals surface area contributed by atoms with Crippen LogP contribution in [0.4, 0.5) is 0 Å². The lowest BCUT2D eigenvalue weighted by atomic mass is 10.1. The molecule has 1 aromatic rings. The number of hydrogen-bond donors (Lipinski definition) is 0. The van der Waals surface area contributed by atoms with Crippen LogP contribution in [-0.2, 0) is 6.54 Å². The second-order valence-corrected chi connectivity index (χ2v) is 3.46. The Bertz CT molecular complexity index is 405. The quantitative estimate of drug-likeness (QED) is 0.648. The third-order valence-electron chi connectivity index (χ3n) is 2.06. The molecule has 0 atom stereocenters. The lowest BCUT2D eigenvalue weighted by Gasteiger charge is -2.08. The van der Waals surface area contributed by atoms with Gasteiger partial charge in [0.15, 0.2) is 0 Å². The summed E-state index contributed by atoms with van der Waals surface area (Å²) in [5, 5.41) is 2.57. The molecule has 1 aliphatic heterocycles. The van der Waals surface area contributed by atoms with Crippen molar-refractivity contribution in [3.8, 4) is 0 Å². The van der Waals surface area contributed by atoms with Gasteiger partial charge < -0.3 is 4.90 Å². The van der Waals surface area contributed by atoms with Crippen LogP contribution >= 0.6 is 24.4 Å². The van der Waals surface area contributed by atoms with E-state index in [0.29, 0.717) is 0 Å². The van der Waals surface area contributed by atoms with Crippen LogP contribution in [0.5, 0.6) is 0 Å². The summed E-state index contributed by atoms with van der Waals surface area (Å²) >= 11 is 9.91. The maximum Gasteiger partial charge on any atom is 0.114 e. The van der Waals surface area contributed by atoms with Crippen LogP contribution in [0.15, 0.2) is 30.5 Å². The minimum Gasteiger partial charge on any atom is -0.326 e. The Hall–Kier alpha value is -1.02. The van der Waals surface area contributed by atoms with Gasteiger partial charge in [-0.2, -0.15) is 0 Å². The SMILES string of the molecule is S=C=CN1Cc2ccccc2C1=S. The van der Waals surface area contributed by atoms with Gasteiger partial charge in [-0.25, -0.2) is 0 Å². The molecule has 3 heteroatoms. The Labute approximate surface area is 87.7 Å². The normalized spacial score (nSPS) is 13.8. The van der Waals surface area contributed by atoms with Crippen LogP contribution in [0.2, 0.25) is 0 Å². The van der Waals surface area contributed by atoms with Crippen molar-refractivity contribution in [2.75, 3.05) is 0 Å². The average Bonchev–Trinajstić information content (AvgIpc) is 2.46. The molecule has 0 aromatic heterocycles. The Morgan fingerprint density at radius 3 is 2.85 bits per heavy atom. The minimum atomic E-state index is 0.818. The van der Waals surface area contributed by atoms with Gasteiger partial charge in [0.1, 0.15) is 4.99 Å². The highest BCUT2D eigenvalue weighted by molar-refractivity contribution is 7.80. The summed E-state index contributed by atoms with van der Waals surface area (Å²) in [5.74, 6) is 0. The van der Waals surface area contributed by atoms with Crippen LogP contribution in [0, 0.1) is 0 Å². The van der Waals surface area contributed by atoms with Crippen LogP contribution in [-0.4, -0.2) is 14.9 Å². The van der Waals surface area contributed by atoms with Gasteiger partial charge in [0.2, 0.25) is 0 Å². The Morgan fingerprint density at radius 2 is 2.15 bits per heavy atom. The van der Waals surface area contributed by atoms with Gasteiger partial charge in [0.25, 0.3) is 0 Å². The van der Waals surface area contributed by atoms with Gasteiger partial charge in [-0.3, -0.25) is 0 Å². The highest BCUT2D eigenvalue weighted by Crippen LogP contribution is 2.22. The summed E-state index contributed by atoms with van der Waals surface area (Å²) in [6, 6.07) is 8.13. The first-order valence-corrected chi connectivity index (χ1v) is 4.74. The van der Waals surface area contributed by atoms with E-state index in [-0.39, 0.29) is 0 Å². The first kappa shape index (κ1) is 8.57. The molecule has 0 fully saturated rings. The molecular weight excluding hydrogens is 198 g/mol. The summed E-state index contributed by atoms with van der Waals surface area (Å²) < 4.78 is 0. The topological polar surface area (TPSA) is 3.24 Å². The molecule has 0 bridgehead atoms. The summed E-state index contributed by atoms with van der Waals surface area (Å²) in [6.45, 7) is 0.818. The molecule has 0 unspecified atom stereocenters. The molecule has 0 radical (unpaired) electrons. The molecular formula is C10H7NS2. The van der Waals surface area contributed by atoms with Crippen LogP contribution in [0.25, 0.3) is 0 Å². The van der Waals surface area contributed by atoms with Gasteiger partial charge in [0, 0.05) is 12.1 Å². The number of thiocarbonyl (C=S) groups is 2. The lowest BCUT2D eigenvalue weighted by Crippen LogP contribution is -2.15. The van der Waals surface area contributed by atoms with Gasteiger partial charge in [0.05, 0.1) is 6.20 Å². The van der Waals surface area contributed by atoms with Crippen molar-refractivity contribution in [2.24, 2.45) is 0 Å². The van der Waals surface area contributed by atoms with Crippen molar-refractivity contribution < 1.29 is 0 Å². The fraction of sp³-hybridized carbons (Fsp3) is 0.100. The van der Waals surface area contributed by atoms with E-state index in [9.17, 15) is 0 Å². The molecule has 2 rings (SSSR count). The molecule has 64 valence electrons. The Kier molecular flexibility index (Phi) is 2.23. The lowest BCUT2D eigenvalue weighted by molar-refractivity contribution is 0.594. The largest absolute Gasteiger partial charge is 0.326 e. The molecule has 1 aromatic carbocycles. The average molecular weight is 205 g/mol. The number of hydrogen-bond acceptors (Lipinski definition) is 2. The zero-order chi connectivity index (χ0) is 9.26. The van der Waals surface area contributed by atoms with Crippen molar-refractivity contribution >= 4 is 34.4 Å². The minimum absolute atomic E-state index is 0.818. The van der Waals surface area contributed by atoms with E-state index in [1.165, 1.54) is 5.56 Å². The van der Waals surface area contributed by atoms with Gasteiger partial charge in [-0.05, 0) is 22.8 Å². The van der Waals surface area contributed by atoms with Crippen molar-refractivity contribution in [1.29, 1.82) is 0 Å². The van der Waals surface area contributed by atoms with Gasteiger partial charge in [-0.1, -0.05) is 36.5 Å².